The molecule has 0 bridgehead atoms. The number of nitrogens with one attached hydrogen (secondary N) is 1. The lowest BCUT2D eigenvalue weighted by Gasteiger charge is -2.04. The summed E-state index contributed by atoms with van der Waals surface area (Å²) in [5, 5.41) is 11.5. The predicted octanol–water partition coefficient (Wildman–Crippen LogP) is 3.35. The first-order valence-electron chi connectivity index (χ1n) is 6.38. The van der Waals surface area contributed by atoms with Gasteiger partial charge in [0.05, 0.1) is 0 Å². The van der Waals surface area contributed by atoms with E-state index in [4.69, 9.17) is 4.42 Å². The van der Waals surface area contributed by atoms with Crippen molar-refractivity contribution in [3.63, 3.8) is 0 Å². The largest absolute Gasteiger partial charge is 0.421 e. The molecular formula is C14H18BrN3O. The molecule has 2 aromatic rings. The molecule has 0 atom stereocenters. The molecule has 1 heterocycles. The lowest BCUT2D eigenvalue weighted by atomic mass is 10.1. The zero-order chi connectivity index (χ0) is 13.8. The Kier molecular flexibility index (Phi) is 4.71. The topological polar surface area (TPSA) is 51.0 Å². The van der Waals surface area contributed by atoms with Crippen molar-refractivity contribution < 1.29 is 4.42 Å². The third-order valence-electron chi connectivity index (χ3n) is 2.65. The van der Waals surface area contributed by atoms with Gasteiger partial charge in [-0.1, -0.05) is 29.8 Å². The smallest absolute Gasteiger partial charge is 0.247 e. The molecule has 4 nitrogen and oxygen atoms in total. The number of rotatable bonds is 5. The summed E-state index contributed by atoms with van der Waals surface area (Å²) in [7, 11) is 0. The normalized spacial score (nSPS) is 11.2. The third kappa shape index (κ3) is 4.14. The highest BCUT2D eigenvalue weighted by Crippen LogP contribution is 2.23. The van der Waals surface area contributed by atoms with Crippen molar-refractivity contribution in [2.45, 2.75) is 33.2 Å². The second-order valence-corrected chi connectivity index (χ2v) is 5.79. The predicted molar refractivity (Wildman–Crippen MR) is 79.0 cm³/mol. The van der Waals surface area contributed by atoms with Gasteiger partial charge in [0.25, 0.3) is 0 Å². The Morgan fingerprint density at radius 1 is 1.26 bits per heavy atom. The Hall–Kier alpha value is -1.20. The Bertz CT molecular complexity index is 531. The standard InChI is InChI=1S/C14H18BrN3O/c1-9(2)16-5-4-13-17-18-14(19-13)11-6-10(3)7-12(15)8-11/h6-9,16H,4-5H2,1-3H3. The Morgan fingerprint density at radius 3 is 2.74 bits per heavy atom. The quantitative estimate of drug-likeness (QED) is 0.916. The molecule has 1 N–H and O–H groups in total. The van der Waals surface area contributed by atoms with E-state index in [2.05, 4.69) is 45.3 Å². The van der Waals surface area contributed by atoms with Crippen LogP contribution in [0, 0.1) is 6.92 Å². The summed E-state index contributed by atoms with van der Waals surface area (Å²) in [4.78, 5) is 0. The number of benzene rings is 1. The fourth-order valence-corrected chi connectivity index (χ4v) is 2.41. The number of halogens is 1. The molecule has 5 heteroatoms. The monoisotopic (exact) mass is 323 g/mol. The fraction of sp³-hybridized carbons (Fsp3) is 0.429. The minimum Gasteiger partial charge on any atom is -0.421 e. The van der Waals surface area contributed by atoms with Crippen LogP contribution in [0.1, 0.15) is 25.3 Å². The van der Waals surface area contributed by atoms with E-state index in [-0.39, 0.29) is 0 Å². The van der Waals surface area contributed by atoms with Gasteiger partial charge in [-0.25, -0.2) is 0 Å². The van der Waals surface area contributed by atoms with Crippen LogP contribution in [0.15, 0.2) is 27.1 Å². The summed E-state index contributed by atoms with van der Waals surface area (Å²) >= 11 is 3.48. The van der Waals surface area contributed by atoms with E-state index < -0.39 is 0 Å². The Labute approximate surface area is 121 Å². The number of hydrogen-bond donors (Lipinski definition) is 1. The third-order valence-corrected chi connectivity index (χ3v) is 3.11. The van der Waals surface area contributed by atoms with Gasteiger partial charge in [0.15, 0.2) is 0 Å². The highest BCUT2D eigenvalue weighted by molar-refractivity contribution is 9.10. The van der Waals surface area contributed by atoms with Crippen molar-refractivity contribution in [2.24, 2.45) is 0 Å². The molecule has 1 aromatic heterocycles. The van der Waals surface area contributed by atoms with Gasteiger partial charge in [-0.2, -0.15) is 0 Å². The van der Waals surface area contributed by atoms with Gasteiger partial charge < -0.3 is 9.73 Å². The van der Waals surface area contributed by atoms with Crippen LogP contribution >= 0.6 is 15.9 Å². The van der Waals surface area contributed by atoms with Crippen molar-refractivity contribution in [3.8, 4) is 11.5 Å². The SMILES string of the molecule is Cc1cc(Br)cc(-c2nnc(CCNC(C)C)o2)c1. The lowest BCUT2D eigenvalue weighted by Crippen LogP contribution is -2.25. The summed E-state index contributed by atoms with van der Waals surface area (Å²) in [5.74, 6) is 1.24. The number of hydrogen-bond acceptors (Lipinski definition) is 4. The maximum Gasteiger partial charge on any atom is 0.247 e. The van der Waals surface area contributed by atoms with Crippen LogP contribution in [0.3, 0.4) is 0 Å². The minimum absolute atomic E-state index is 0.468. The average molecular weight is 324 g/mol. The van der Waals surface area contributed by atoms with Gasteiger partial charge in [-0.3, -0.25) is 0 Å². The molecule has 1 aromatic carbocycles. The van der Waals surface area contributed by atoms with Crippen LogP contribution in [0.2, 0.25) is 0 Å². The van der Waals surface area contributed by atoms with Gasteiger partial charge in [-0.05, 0) is 30.7 Å². The minimum atomic E-state index is 0.468. The first-order chi connectivity index (χ1) is 9.04. The van der Waals surface area contributed by atoms with Crippen LogP contribution in [-0.2, 0) is 6.42 Å². The summed E-state index contributed by atoms with van der Waals surface area (Å²) in [6, 6.07) is 6.54. The van der Waals surface area contributed by atoms with Gasteiger partial charge in [-0.15, -0.1) is 10.2 Å². The van der Waals surface area contributed by atoms with Gasteiger partial charge in [0.1, 0.15) is 0 Å². The molecule has 0 amide bonds. The second kappa shape index (κ2) is 6.30. The van der Waals surface area contributed by atoms with Crippen molar-refractivity contribution in [1.82, 2.24) is 15.5 Å². The highest BCUT2D eigenvalue weighted by Gasteiger charge is 2.09. The number of aryl methyl sites for hydroxylation is 1. The average Bonchev–Trinajstić information content (AvgIpc) is 2.76. The summed E-state index contributed by atoms with van der Waals surface area (Å²) in [6.45, 7) is 7.11. The lowest BCUT2D eigenvalue weighted by molar-refractivity contribution is 0.484. The van der Waals surface area contributed by atoms with Crippen LogP contribution < -0.4 is 5.32 Å². The van der Waals surface area contributed by atoms with Gasteiger partial charge >= 0.3 is 0 Å². The molecule has 0 saturated heterocycles. The Morgan fingerprint density at radius 2 is 2.05 bits per heavy atom. The zero-order valence-corrected chi connectivity index (χ0v) is 13.0. The van der Waals surface area contributed by atoms with Gasteiger partial charge in [0, 0.05) is 29.0 Å². The first-order valence-corrected chi connectivity index (χ1v) is 7.17. The van der Waals surface area contributed by atoms with E-state index in [1.54, 1.807) is 0 Å². The van der Waals surface area contributed by atoms with Crippen LogP contribution in [0.25, 0.3) is 11.5 Å². The van der Waals surface area contributed by atoms with Crippen LogP contribution in [0.5, 0.6) is 0 Å². The molecule has 0 aliphatic carbocycles. The Balaban J connectivity index is 2.07. The molecule has 0 aliphatic rings. The maximum absolute atomic E-state index is 5.68. The first kappa shape index (κ1) is 14.2. The van der Waals surface area contributed by atoms with Crippen molar-refractivity contribution >= 4 is 15.9 Å². The molecule has 102 valence electrons. The van der Waals surface area contributed by atoms with Crippen LogP contribution in [0.4, 0.5) is 0 Å². The number of nitrogens with zero attached hydrogens (tertiary/aromatic N) is 2. The molecule has 0 spiro atoms. The molecule has 0 aliphatic heterocycles. The molecule has 19 heavy (non-hydrogen) atoms. The number of aromatic nitrogens is 2. The second-order valence-electron chi connectivity index (χ2n) is 4.88. The highest BCUT2D eigenvalue weighted by atomic mass is 79.9. The molecule has 0 saturated carbocycles. The molecule has 0 fully saturated rings. The van der Waals surface area contributed by atoms with E-state index in [9.17, 15) is 0 Å². The summed E-state index contributed by atoms with van der Waals surface area (Å²) < 4.78 is 6.70. The van der Waals surface area contributed by atoms with E-state index >= 15 is 0 Å². The van der Waals surface area contributed by atoms with E-state index in [0.717, 1.165) is 28.6 Å². The van der Waals surface area contributed by atoms with Crippen molar-refractivity contribution in [1.29, 1.82) is 0 Å². The molecular weight excluding hydrogens is 306 g/mol. The maximum atomic E-state index is 5.68. The summed E-state index contributed by atoms with van der Waals surface area (Å²) in [6.07, 6.45) is 0.748. The molecule has 0 unspecified atom stereocenters. The molecule has 2 rings (SSSR count). The van der Waals surface area contributed by atoms with Crippen molar-refractivity contribution in [3.05, 3.63) is 34.1 Å². The van der Waals surface area contributed by atoms with E-state index in [1.165, 1.54) is 0 Å². The van der Waals surface area contributed by atoms with E-state index in [1.807, 2.05) is 25.1 Å². The van der Waals surface area contributed by atoms with E-state index in [0.29, 0.717) is 17.8 Å². The van der Waals surface area contributed by atoms with Gasteiger partial charge in [0.2, 0.25) is 11.8 Å². The fourth-order valence-electron chi connectivity index (χ4n) is 1.80. The summed E-state index contributed by atoms with van der Waals surface area (Å²) in [5.41, 5.74) is 2.10. The van der Waals surface area contributed by atoms with Crippen LogP contribution in [-0.4, -0.2) is 22.8 Å². The van der Waals surface area contributed by atoms with Crippen molar-refractivity contribution in [2.75, 3.05) is 6.54 Å². The molecule has 0 radical (unpaired) electrons. The zero-order valence-electron chi connectivity index (χ0n) is 11.4.